The number of fused-ring (bicyclic) bond motifs is 1. The summed E-state index contributed by atoms with van der Waals surface area (Å²) in [6, 6.07) is 16.7. The molecule has 6 nitrogen and oxygen atoms in total. The molecule has 1 fully saturated rings. The van der Waals surface area contributed by atoms with E-state index in [2.05, 4.69) is 10.2 Å². The highest BCUT2D eigenvalue weighted by Gasteiger charge is 2.36. The summed E-state index contributed by atoms with van der Waals surface area (Å²) >= 11 is 0. The van der Waals surface area contributed by atoms with Crippen molar-refractivity contribution in [3.05, 3.63) is 71.3 Å². The second-order valence-corrected chi connectivity index (χ2v) is 6.82. The van der Waals surface area contributed by atoms with Gasteiger partial charge in [-0.1, -0.05) is 42.5 Å². The van der Waals surface area contributed by atoms with Crippen LogP contribution in [-0.2, 0) is 4.79 Å². The molecule has 3 amide bonds. The van der Waals surface area contributed by atoms with E-state index in [1.807, 2.05) is 30.3 Å². The lowest BCUT2D eigenvalue weighted by Gasteiger charge is -2.30. The molecule has 138 valence electrons. The van der Waals surface area contributed by atoms with Crippen molar-refractivity contribution in [1.82, 2.24) is 15.1 Å². The molecule has 4 rings (SSSR count). The number of carbonyl (C=O) groups excluding carboxylic acids is 3. The van der Waals surface area contributed by atoms with Crippen LogP contribution in [0.1, 0.15) is 38.7 Å². The van der Waals surface area contributed by atoms with Crippen molar-refractivity contribution >= 4 is 17.7 Å². The number of nitrogens with zero attached hydrogens (tertiary/aromatic N) is 2. The molecule has 0 radical (unpaired) electrons. The zero-order valence-electron chi connectivity index (χ0n) is 14.9. The van der Waals surface area contributed by atoms with Crippen LogP contribution >= 0.6 is 0 Å². The summed E-state index contributed by atoms with van der Waals surface area (Å²) in [6.07, 6.45) is 0.367. The van der Waals surface area contributed by atoms with Gasteiger partial charge >= 0.3 is 0 Å². The largest absolute Gasteiger partial charge is 0.355 e. The van der Waals surface area contributed by atoms with Crippen LogP contribution in [0, 0.1) is 0 Å². The van der Waals surface area contributed by atoms with E-state index in [0.29, 0.717) is 43.7 Å². The highest BCUT2D eigenvalue weighted by atomic mass is 16.2. The maximum atomic E-state index is 12.6. The zero-order chi connectivity index (χ0) is 18.8. The van der Waals surface area contributed by atoms with Crippen LogP contribution in [0.5, 0.6) is 0 Å². The van der Waals surface area contributed by atoms with Crippen molar-refractivity contribution in [1.29, 1.82) is 0 Å². The number of rotatable bonds is 4. The predicted octanol–water partition coefficient (Wildman–Crippen LogP) is 1.85. The minimum absolute atomic E-state index is 0.0204. The lowest BCUT2D eigenvalue weighted by Crippen LogP contribution is -2.40. The average Bonchev–Trinajstić information content (AvgIpc) is 2.83. The van der Waals surface area contributed by atoms with Gasteiger partial charge < -0.3 is 5.32 Å². The van der Waals surface area contributed by atoms with Gasteiger partial charge in [0.1, 0.15) is 0 Å². The molecular weight excluding hydrogens is 342 g/mol. The summed E-state index contributed by atoms with van der Waals surface area (Å²) in [4.78, 5) is 40.7. The van der Waals surface area contributed by atoms with Crippen LogP contribution in [0.3, 0.4) is 0 Å². The molecule has 2 aromatic carbocycles. The molecule has 0 saturated carbocycles. The summed E-state index contributed by atoms with van der Waals surface area (Å²) in [5, 5.41) is 2.91. The van der Waals surface area contributed by atoms with Crippen LogP contribution in [0.25, 0.3) is 0 Å². The van der Waals surface area contributed by atoms with Crippen molar-refractivity contribution < 1.29 is 14.4 Å². The first-order valence-electron chi connectivity index (χ1n) is 9.16. The minimum atomic E-state index is -0.240. The van der Waals surface area contributed by atoms with E-state index >= 15 is 0 Å². The highest BCUT2D eigenvalue weighted by molar-refractivity contribution is 6.21. The second-order valence-electron chi connectivity index (χ2n) is 6.82. The molecule has 0 unspecified atom stereocenters. The normalized spacial score (nSPS) is 20.4. The van der Waals surface area contributed by atoms with Gasteiger partial charge in [-0.05, 0) is 17.7 Å². The maximum Gasteiger partial charge on any atom is 0.261 e. The summed E-state index contributed by atoms with van der Waals surface area (Å²) in [5.74, 6) is -0.459. The van der Waals surface area contributed by atoms with Crippen molar-refractivity contribution in [3.63, 3.8) is 0 Å². The highest BCUT2D eigenvalue weighted by Crippen LogP contribution is 2.27. The van der Waals surface area contributed by atoms with Gasteiger partial charge in [-0.2, -0.15) is 0 Å². The van der Waals surface area contributed by atoms with Crippen LogP contribution in [0.15, 0.2) is 54.6 Å². The number of nitrogens with one attached hydrogen (secondary N) is 1. The third-order valence-corrected chi connectivity index (χ3v) is 5.21. The van der Waals surface area contributed by atoms with Gasteiger partial charge in [-0.3, -0.25) is 24.2 Å². The lowest BCUT2D eigenvalue weighted by atomic mass is 10.0. The molecule has 2 aliphatic heterocycles. The molecule has 6 heteroatoms. The molecule has 27 heavy (non-hydrogen) atoms. The van der Waals surface area contributed by atoms with E-state index in [4.69, 9.17) is 0 Å². The Kier molecular flexibility index (Phi) is 4.73. The average molecular weight is 363 g/mol. The van der Waals surface area contributed by atoms with Crippen molar-refractivity contribution in [2.24, 2.45) is 0 Å². The molecule has 0 bridgehead atoms. The number of hydrogen-bond donors (Lipinski definition) is 1. The van der Waals surface area contributed by atoms with Gasteiger partial charge in [0.15, 0.2) is 0 Å². The number of hydrogen-bond acceptors (Lipinski definition) is 4. The quantitative estimate of drug-likeness (QED) is 0.842. The second kappa shape index (κ2) is 7.32. The molecule has 2 heterocycles. The monoisotopic (exact) mass is 363 g/mol. The van der Waals surface area contributed by atoms with Crippen LogP contribution < -0.4 is 5.32 Å². The Morgan fingerprint density at radius 1 is 0.852 bits per heavy atom. The fraction of sp³-hybridized carbons (Fsp3) is 0.286. The van der Waals surface area contributed by atoms with Crippen LogP contribution in [-0.4, -0.2) is 53.7 Å². The molecule has 0 aliphatic carbocycles. The first-order chi connectivity index (χ1) is 13.1. The van der Waals surface area contributed by atoms with Gasteiger partial charge in [0.2, 0.25) is 5.91 Å². The Bertz CT molecular complexity index is 846. The lowest BCUT2D eigenvalue weighted by molar-refractivity contribution is -0.121. The van der Waals surface area contributed by atoms with Crippen LogP contribution in [0.2, 0.25) is 0 Å². The standard InChI is InChI=1S/C21H21N3O3/c25-19-14-18(15-6-2-1-3-7-15)23(11-10-22-19)12-13-24-20(26)16-8-4-5-9-17(16)21(24)27/h1-9,18H,10-14H2,(H,22,25)/t18-/m1/s1. The molecule has 1 saturated heterocycles. The minimum Gasteiger partial charge on any atom is -0.355 e. The third kappa shape index (κ3) is 3.36. The molecule has 1 N–H and O–H groups in total. The zero-order valence-corrected chi connectivity index (χ0v) is 14.9. The Morgan fingerprint density at radius 2 is 1.48 bits per heavy atom. The fourth-order valence-corrected chi connectivity index (χ4v) is 3.81. The Morgan fingerprint density at radius 3 is 2.15 bits per heavy atom. The number of amides is 3. The van der Waals surface area contributed by atoms with E-state index in [-0.39, 0.29) is 23.8 Å². The maximum absolute atomic E-state index is 12.6. The predicted molar refractivity (Wildman–Crippen MR) is 100 cm³/mol. The molecule has 2 aromatic rings. The van der Waals surface area contributed by atoms with Gasteiger partial charge in [-0.15, -0.1) is 0 Å². The molecule has 0 spiro atoms. The number of imide groups is 1. The van der Waals surface area contributed by atoms with Gasteiger partial charge in [0, 0.05) is 38.6 Å². The summed E-state index contributed by atoms with van der Waals surface area (Å²) < 4.78 is 0. The third-order valence-electron chi connectivity index (χ3n) is 5.21. The first kappa shape index (κ1) is 17.4. The molecular formula is C21H21N3O3. The van der Waals surface area contributed by atoms with E-state index < -0.39 is 0 Å². The van der Waals surface area contributed by atoms with E-state index in [1.165, 1.54) is 4.90 Å². The van der Waals surface area contributed by atoms with Gasteiger partial charge in [-0.25, -0.2) is 0 Å². The molecule has 2 aliphatic rings. The van der Waals surface area contributed by atoms with E-state index in [0.717, 1.165) is 5.56 Å². The van der Waals surface area contributed by atoms with E-state index in [1.54, 1.807) is 24.3 Å². The Labute approximate surface area is 157 Å². The van der Waals surface area contributed by atoms with Crippen molar-refractivity contribution in [2.45, 2.75) is 12.5 Å². The van der Waals surface area contributed by atoms with E-state index in [9.17, 15) is 14.4 Å². The number of carbonyl (C=O) groups is 3. The number of benzene rings is 2. The summed E-state index contributed by atoms with van der Waals surface area (Å²) in [7, 11) is 0. The Balaban J connectivity index is 1.51. The van der Waals surface area contributed by atoms with Crippen molar-refractivity contribution in [2.75, 3.05) is 26.2 Å². The van der Waals surface area contributed by atoms with Crippen LogP contribution in [0.4, 0.5) is 0 Å². The van der Waals surface area contributed by atoms with Gasteiger partial charge in [0.25, 0.3) is 11.8 Å². The summed E-state index contributed by atoms with van der Waals surface area (Å²) in [6.45, 7) is 2.07. The van der Waals surface area contributed by atoms with Gasteiger partial charge in [0.05, 0.1) is 11.1 Å². The topological polar surface area (TPSA) is 69.7 Å². The fourth-order valence-electron chi connectivity index (χ4n) is 3.81. The Hall–Kier alpha value is -2.99. The SMILES string of the molecule is O=C1C[C@H](c2ccccc2)N(CCN2C(=O)c3ccccc3C2=O)CCN1. The summed E-state index contributed by atoms with van der Waals surface area (Å²) in [5.41, 5.74) is 2.00. The first-order valence-corrected chi connectivity index (χ1v) is 9.16. The molecule has 0 aromatic heterocycles. The molecule has 1 atom stereocenters. The van der Waals surface area contributed by atoms with Crippen molar-refractivity contribution in [3.8, 4) is 0 Å². The smallest absolute Gasteiger partial charge is 0.261 e.